The van der Waals surface area contributed by atoms with E-state index in [1.807, 2.05) is 26.3 Å². The first-order valence-corrected chi connectivity index (χ1v) is 25.6. The molecule has 4 aliphatic heterocycles. The average Bonchev–Trinajstić information content (AvgIpc) is 3.98. The molecule has 4 fully saturated rings. The normalized spacial score (nSPS) is 21.7. The number of nitrogens with zero attached hydrogens (tertiary/aromatic N) is 11. The van der Waals surface area contributed by atoms with E-state index in [1.165, 1.54) is 20.9 Å². The third kappa shape index (κ3) is 7.39. The number of ether oxygens (including phenoxy) is 1. The summed E-state index contributed by atoms with van der Waals surface area (Å²) >= 11 is 0. The monoisotopic (exact) mass is 992 g/mol. The van der Waals surface area contributed by atoms with E-state index in [1.54, 1.807) is 49.1 Å². The van der Waals surface area contributed by atoms with Crippen LogP contribution in [0, 0.1) is 25.5 Å². The van der Waals surface area contributed by atoms with Crippen molar-refractivity contribution in [1.29, 1.82) is 0 Å². The minimum absolute atomic E-state index is 0.0694. The van der Waals surface area contributed by atoms with Crippen LogP contribution in [0.4, 0.5) is 8.78 Å². The summed E-state index contributed by atoms with van der Waals surface area (Å²) in [5.41, 5.74) is 4.37. The Kier molecular flexibility index (Phi) is 10.6. The molecule has 2 bridgehead atoms. The van der Waals surface area contributed by atoms with Crippen LogP contribution in [0.15, 0.2) is 81.2 Å². The first-order valence-electron chi connectivity index (χ1n) is 25.6. The molecule has 5 aliphatic rings. The van der Waals surface area contributed by atoms with Gasteiger partial charge in [0.15, 0.2) is 11.6 Å². The minimum atomic E-state index is -0.812. The third-order valence-electron chi connectivity index (χ3n) is 16.6. The maximum Gasteiger partial charge on any atom is 0.438 e. The molecular weight excluding hydrogens is 935 g/mol. The third-order valence-corrected chi connectivity index (χ3v) is 16.6. The number of H-pyrrole nitrogens is 1. The largest absolute Gasteiger partial charge is 0.438 e. The number of hydrogen-bond donors (Lipinski definition) is 1. The summed E-state index contributed by atoms with van der Waals surface area (Å²) in [4.78, 5) is 52.7. The number of halogens is 2. The van der Waals surface area contributed by atoms with Crippen molar-refractivity contribution in [1.82, 2.24) is 58.1 Å². The lowest BCUT2D eigenvalue weighted by molar-refractivity contribution is -0.0592. The molecule has 0 radical (unpaired) electrons. The average molecular weight is 993 g/mol. The fraction of sp³-hybridized carbons (Fsp3) is 0.444. The number of rotatable bonds is 10. The van der Waals surface area contributed by atoms with E-state index in [-0.39, 0.29) is 35.0 Å². The van der Waals surface area contributed by atoms with Gasteiger partial charge in [0.1, 0.15) is 22.9 Å². The predicted octanol–water partition coefficient (Wildman–Crippen LogP) is 7.05. The summed E-state index contributed by atoms with van der Waals surface area (Å²) in [5.74, 6) is -0.727. The summed E-state index contributed by atoms with van der Waals surface area (Å²) in [7, 11) is 2.12. The van der Waals surface area contributed by atoms with E-state index in [2.05, 4.69) is 64.1 Å². The molecule has 1 N–H and O–H groups in total. The molecule has 3 atom stereocenters. The zero-order chi connectivity index (χ0) is 50.2. The number of fused-ring (bicyclic) bond motifs is 6. The van der Waals surface area contributed by atoms with Gasteiger partial charge in [0.05, 0.1) is 52.4 Å². The summed E-state index contributed by atoms with van der Waals surface area (Å²) in [6, 6.07) is 14.5. The summed E-state index contributed by atoms with van der Waals surface area (Å²) in [5, 5.41) is 15.1. The number of hydrogen-bond acceptors (Lipinski definition) is 10. The molecule has 1 aliphatic carbocycles. The van der Waals surface area contributed by atoms with Gasteiger partial charge < -0.3 is 19.1 Å². The lowest BCUT2D eigenvalue weighted by Gasteiger charge is -2.35. The lowest BCUT2D eigenvalue weighted by atomic mass is 9.83. The van der Waals surface area contributed by atoms with Gasteiger partial charge in [0.25, 0.3) is 5.91 Å². The molecule has 378 valence electrons. The Morgan fingerprint density at radius 1 is 0.890 bits per heavy atom. The minimum Gasteiger partial charge on any atom is -0.376 e. The second-order valence-electron chi connectivity index (χ2n) is 21.8. The number of piperazine rings is 1. The molecule has 1 amide bonds. The van der Waals surface area contributed by atoms with E-state index >= 15 is 18.4 Å². The number of carbonyl (C=O) groups excluding carboxylic acids is 1. The predicted molar refractivity (Wildman–Crippen MR) is 268 cm³/mol. The molecule has 5 aromatic heterocycles. The van der Waals surface area contributed by atoms with Gasteiger partial charge >= 0.3 is 11.4 Å². The number of carbonyl (C=O) groups is 1. The van der Waals surface area contributed by atoms with Crippen molar-refractivity contribution in [2.24, 2.45) is 0 Å². The van der Waals surface area contributed by atoms with E-state index in [0.717, 1.165) is 62.2 Å². The molecule has 1 saturated carbocycles. The molecule has 0 unspecified atom stereocenters. The van der Waals surface area contributed by atoms with Crippen LogP contribution in [0.1, 0.15) is 109 Å². The van der Waals surface area contributed by atoms with Gasteiger partial charge in [-0.2, -0.15) is 10.2 Å². The number of amides is 1. The van der Waals surface area contributed by atoms with E-state index in [0.29, 0.717) is 95.9 Å². The fourth-order valence-corrected chi connectivity index (χ4v) is 12.7. The highest BCUT2D eigenvalue weighted by Gasteiger charge is 2.54. The molecule has 3 aromatic carbocycles. The smallest absolute Gasteiger partial charge is 0.376 e. The quantitative estimate of drug-likeness (QED) is 0.150. The highest BCUT2D eigenvalue weighted by molar-refractivity contribution is 6.00. The van der Waals surface area contributed by atoms with Gasteiger partial charge in [-0.15, -0.1) is 0 Å². The number of imidazole rings is 1. The molecule has 17 nitrogen and oxygen atoms in total. The lowest BCUT2D eigenvalue weighted by Crippen LogP contribution is -2.45. The second kappa shape index (κ2) is 16.8. The topological polar surface area (TPSA) is 162 Å². The Hall–Kier alpha value is -6.96. The van der Waals surface area contributed by atoms with Gasteiger partial charge in [0.2, 0.25) is 0 Å². The first kappa shape index (κ1) is 45.9. The van der Waals surface area contributed by atoms with Gasteiger partial charge in [-0.05, 0) is 138 Å². The maximum atomic E-state index is 16.8. The van der Waals surface area contributed by atoms with E-state index in [9.17, 15) is 4.79 Å². The van der Waals surface area contributed by atoms with Crippen LogP contribution < -0.4 is 11.4 Å². The first-order chi connectivity index (χ1) is 35.2. The van der Waals surface area contributed by atoms with Gasteiger partial charge in [-0.25, -0.2) is 23.1 Å². The standard InChI is InChI=1S/C54H58F2N12O5/c1-31-24-37(25-32(2)46(31)55)68-48(64-21-20-63(52(64)71)43-11-10-41-38(47(43)56)30-57-65(41)22-19-62-17-15-61(5)16-18-62)45-39(59-68)28-36-7-9-42(45)66(36)49(69)44-27-35-26-33(34-12-23-72-53(3,4)29-34)6-8-40(35)67(44)54(13-14-54)50-58-51(70)73-60-50/h6,8,10-11,20-21,24-27,30,34,36,42H,7,9,12-19,22-23,28-29H2,1-5H3,(H,58,60,70)/t34-,36+,42-/m0/s1. The van der Waals surface area contributed by atoms with E-state index in [4.69, 9.17) is 14.4 Å². The number of likely N-dealkylation sites (N-methyl/N-ethyl adjacent to an activating group) is 1. The highest BCUT2D eigenvalue weighted by Crippen LogP contribution is 2.53. The van der Waals surface area contributed by atoms with Crippen LogP contribution in [0.2, 0.25) is 0 Å². The van der Waals surface area contributed by atoms with Crippen LogP contribution in [0.5, 0.6) is 0 Å². The number of nitrogens with one attached hydrogen (secondary N) is 1. The maximum absolute atomic E-state index is 16.8. The molecule has 0 spiro atoms. The SMILES string of the molecule is Cc1cc(-n2nc3c(c2-n2ccn(-c4ccc5c(cnn5CCN5CCN(C)CC5)c4F)c2=O)[C@@H]2CC[C@H](C3)N2C(=O)c2cc3cc([C@H]4CCOC(C)(C)C4)ccc3n2C2(c3noc(=O)[nH]3)CC2)cc(C)c1F. The molecule has 3 saturated heterocycles. The number of benzene rings is 3. The van der Waals surface area contributed by atoms with Crippen LogP contribution >= 0.6 is 0 Å². The van der Waals surface area contributed by atoms with Gasteiger partial charge in [-0.3, -0.25) is 33.0 Å². The van der Waals surface area contributed by atoms with Crippen molar-refractivity contribution in [2.75, 3.05) is 46.4 Å². The number of aromatic nitrogens is 9. The zero-order valence-electron chi connectivity index (χ0n) is 41.7. The molecular formula is C54H58F2N12O5. The molecule has 19 heteroatoms. The van der Waals surface area contributed by atoms with Crippen molar-refractivity contribution < 1.29 is 22.8 Å². The van der Waals surface area contributed by atoms with Gasteiger partial charge in [-0.1, -0.05) is 11.2 Å². The van der Waals surface area contributed by atoms with Crippen molar-refractivity contribution >= 4 is 27.7 Å². The second-order valence-corrected chi connectivity index (χ2v) is 21.8. The van der Waals surface area contributed by atoms with Crippen molar-refractivity contribution in [2.45, 2.75) is 108 Å². The Bertz CT molecular complexity index is 3630. The highest BCUT2D eigenvalue weighted by atomic mass is 19.1. The van der Waals surface area contributed by atoms with Crippen LogP contribution in [0.3, 0.4) is 0 Å². The van der Waals surface area contributed by atoms with Crippen molar-refractivity contribution in [3.8, 4) is 17.2 Å². The van der Waals surface area contributed by atoms with Gasteiger partial charge in [0, 0.05) is 80.7 Å². The van der Waals surface area contributed by atoms with Crippen molar-refractivity contribution in [3.05, 3.63) is 139 Å². The number of aromatic amines is 1. The van der Waals surface area contributed by atoms with Crippen LogP contribution in [-0.2, 0) is 23.2 Å². The van der Waals surface area contributed by atoms with Crippen LogP contribution in [0.25, 0.3) is 39.0 Å². The fourth-order valence-electron chi connectivity index (χ4n) is 12.7. The Labute approximate surface area is 418 Å². The zero-order valence-corrected chi connectivity index (χ0v) is 41.7. The number of aryl methyl sites for hydroxylation is 2. The van der Waals surface area contributed by atoms with Crippen LogP contribution in [-0.4, -0.2) is 122 Å². The Morgan fingerprint density at radius 2 is 1.66 bits per heavy atom. The van der Waals surface area contributed by atoms with E-state index < -0.39 is 28.8 Å². The Balaban J connectivity index is 0.909. The summed E-state index contributed by atoms with van der Waals surface area (Å²) < 4.78 is 51.5. The molecule has 73 heavy (non-hydrogen) atoms. The van der Waals surface area contributed by atoms with Crippen molar-refractivity contribution in [3.63, 3.8) is 0 Å². The summed E-state index contributed by atoms with van der Waals surface area (Å²) in [6.45, 7) is 13.6. The molecule has 13 rings (SSSR count). The molecule has 8 aromatic rings. The Morgan fingerprint density at radius 3 is 2.40 bits per heavy atom. The molecule has 9 heterocycles. The summed E-state index contributed by atoms with van der Waals surface area (Å²) in [6.07, 6.45) is 9.39.